The number of halogens is 1. The monoisotopic (exact) mass is 385 g/mol. The molecule has 0 radical (unpaired) electrons. The van der Waals surface area contributed by atoms with Gasteiger partial charge in [-0.25, -0.2) is 0 Å². The molecule has 2 rings (SSSR count). The Morgan fingerprint density at radius 2 is 2.05 bits per heavy atom. The number of amides is 1. The number of carbonyl (C=O) groups excluding carboxylic acids is 1. The second kappa shape index (κ2) is 7.51. The zero-order valence-corrected chi connectivity index (χ0v) is 15.0. The first-order chi connectivity index (χ1) is 10.4. The molecule has 120 valence electrons. The van der Waals surface area contributed by atoms with E-state index in [1.54, 1.807) is 23.6 Å². The van der Waals surface area contributed by atoms with E-state index >= 15 is 0 Å². The molecule has 1 aliphatic rings. The summed E-state index contributed by atoms with van der Waals surface area (Å²) in [5, 5.41) is 9.19. The molecule has 1 amide bonds. The number of thioether (sulfide) groups is 1. The summed E-state index contributed by atoms with van der Waals surface area (Å²) in [5.41, 5.74) is -0.776. The van der Waals surface area contributed by atoms with E-state index in [-0.39, 0.29) is 5.91 Å². The number of hydrogen-bond acceptors (Lipinski definition) is 3. The zero-order valence-electron chi connectivity index (χ0n) is 12.5. The second-order valence-electron chi connectivity index (χ2n) is 5.84. The summed E-state index contributed by atoms with van der Waals surface area (Å²) in [7, 11) is 0. The van der Waals surface area contributed by atoms with E-state index in [9.17, 15) is 14.7 Å². The van der Waals surface area contributed by atoms with Gasteiger partial charge >= 0.3 is 5.97 Å². The highest BCUT2D eigenvalue weighted by molar-refractivity contribution is 9.10. The molecule has 1 atom stereocenters. The molecule has 0 bridgehead atoms. The third kappa shape index (κ3) is 4.49. The predicted molar refractivity (Wildman–Crippen MR) is 91.0 cm³/mol. The van der Waals surface area contributed by atoms with E-state index in [0.29, 0.717) is 25.9 Å². The van der Waals surface area contributed by atoms with Gasteiger partial charge < -0.3 is 10.0 Å². The fourth-order valence-corrected chi connectivity index (χ4v) is 3.57. The van der Waals surface area contributed by atoms with Gasteiger partial charge in [0.2, 0.25) is 5.91 Å². The van der Waals surface area contributed by atoms with Crippen molar-refractivity contribution in [1.29, 1.82) is 0 Å². The van der Waals surface area contributed by atoms with E-state index in [4.69, 9.17) is 0 Å². The lowest BCUT2D eigenvalue weighted by Gasteiger charge is -2.20. The van der Waals surface area contributed by atoms with Crippen molar-refractivity contribution in [2.75, 3.05) is 18.8 Å². The Kier molecular flexibility index (Phi) is 5.92. The summed E-state index contributed by atoms with van der Waals surface area (Å²) in [6.45, 7) is 2.61. The van der Waals surface area contributed by atoms with Crippen molar-refractivity contribution in [2.24, 2.45) is 5.41 Å². The first-order valence-corrected chi connectivity index (χ1v) is 9.08. The fourth-order valence-electron chi connectivity index (χ4n) is 2.45. The smallest absolute Gasteiger partial charge is 0.311 e. The Morgan fingerprint density at radius 3 is 2.64 bits per heavy atom. The predicted octanol–water partition coefficient (Wildman–Crippen LogP) is 3.64. The maximum Gasteiger partial charge on any atom is 0.311 e. The van der Waals surface area contributed by atoms with Crippen molar-refractivity contribution in [3.8, 4) is 0 Å². The highest BCUT2D eigenvalue weighted by atomic mass is 79.9. The molecular weight excluding hydrogens is 366 g/mol. The van der Waals surface area contributed by atoms with Crippen molar-refractivity contribution in [1.82, 2.24) is 4.90 Å². The van der Waals surface area contributed by atoms with Gasteiger partial charge in [-0.2, -0.15) is 0 Å². The number of carboxylic acids is 1. The number of likely N-dealkylation sites (tertiary alicyclic amines) is 1. The number of hydrogen-bond donors (Lipinski definition) is 1. The minimum atomic E-state index is -0.811. The van der Waals surface area contributed by atoms with Crippen molar-refractivity contribution in [3.63, 3.8) is 0 Å². The molecule has 0 aliphatic carbocycles. The van der Waals surface area contributed by atoms with E-state index in [1.807, 2.05) is 12.1 Å². The molecule has 1 aromatic rings. The molecule has 1 aromatic carbocycles. The van der Waals surface area contributed by atoms with Crippen molar-refractivity contribution < 1.29 is 14.7 Å². The highest BCUT2D eigenvalue weighted by Crippen LogP contribution is 2.30. The number of rotatable bonds is 6. The van der Waals surface area contributed by atoms with Gasteiger partial charge in [0.05, 0.1) is 5.41 Å². The van der Waals surface area contributed by atoms with Gasteiger partial charge in [0.25, 0.3) is 0 Å². The second-order valence-corrected chi connectivity index (χ2v) is 7.92. The van der Waals surface area contributed by atoms with Crippen LogP contribution in [0, 0.1) is 5.41 Å². The quantitative estimate of drug-likeness (QED) is 0.599. The topological polar surface area (TPSA) is 57.6 Å². The van der Waals surface area contributed by atoms with Crippen molar-refractivity contribution in [3.05, 3.63) is 28.7 Å². The summed E-state index contributed by atoms with van der Waals surface area (Å²) in [6.07, 6.45) is 1.83. The maximum absolute atomic E-state index is 12.1. The average molecular weight is 386 g/mol. The number of aliphatic carboxylic acids is 1. The molecular formula is C16H20BrNO3S. The summed E-state index contributed by atoms with van der Waals surface area (Å²) in [4.78, 5) is 26.2. The van der Waals surface area contributed by atoms with Crippen molar-refractivity contribution in [2.45, 2.75) is 31.1 Å². The van der Waals surface area contributed by atoms with Crippen LogP contribution >= 0.6 is 27.7 Å². The fraction of sp³-hybridized carbons (Fsp3) is 0.500. The van der Waals surface area contributed by atoms with Crippen LogP contribution in [0.15, 0.2) is 33.6 Å². The molecule has 4 nitrogen and oxygen atoms in total. The molecule has 1 saturated heterocycles. The zero-order chi connectivity index (χ0) is 16.2. The van der Waals surface area contributed by atoms with Crippen LogP contribution in [-0.4, -0.2) is 40.7 Å². The summed E-state index contributed by atoms with van der Waals surface area (Å²) >= 11 is 5.13. The number of carboxylic acid groups (broad SMARTS) is 1. The molecule has 1 heterocycles. The van der Waals surface area contributed by atoms with Gasteiger partial charge in [-0.05, 0) is 49.8 Å². The first-order valence-electron chi connectivity index (χ1n) is 7.30. The van der Waals surface area contributed by atoms with Gasteiger partial charge in [0.1, 0.15) is 0 Å². The van der Waals surface area contributed by atoms with E-state index in [2.05, 4.69) is 28.1 Å². The molecule has 1 aliphatic heterocycles. The van der Waals surface area contributed by atoms with E-state index < -0.39 is 11.4 Å². The molecule has 0 aromatic heterocycles. The molecule has 6 heteroatoms. The number of nitrogens with zero attached hydrogens (tertiary/aromatic N) is 1. The molecule has 1 fully saturated rings. The van der Waals surface area contributed by atoms with Gasteiger partial charge in [-0.1, -0.05) is 15.9 Å². The lowest BCUT2D eigenvalue weighted by atomic mass is 9.90. The maximum atomic E-state index is 12.1. The summed E-state index contributed by atoms with van der Waals surface area (Å²) in [6, 6.07) is 8.11. The van der Waals surface area contributed by atoms with Crippen LogP contribution in [0.3, 0.4) is 0 Å². The largest absolute Gasteiger partial charge is 0.481 e. The van der Waals surface area contributed by atoms with Gasteiger partial charge in [-0.3, -0.25) is 9.59 Å². The van der Waals surface area contributed by atoms with Crippen LogP contribution in [0.25, 0.3) is 0 Å². The van der Waals surface area contributed by atoms with Crippen LogP contribution in [0.1, 0.15) is 26.2 Å². The van der Waals surface area contributed by atoms with Gasteiger partial charge in [0.15, 0.2) is 0 Å². The average Bonchev–Trinajstić information content (AvgIpc) is 2.89. The van der Waals surface area contributed by atoms with Gasteiger partial charge in [0, 0.05) is 28.9 Å². The third-order valence-corrected chi connectivity index (χ3v) is 5.59. The Labute approximate surface area is 143 Å². The lowest BCUT2D eigenvalue weighted by molar-refractivity contribution is -0.147. The Morgan fingerprint density at radius 1 is 1.36 bits per heavy atom. The number of carbonyl (C=O) groups is 2. The van der Waals surface area contributed by atoms with Crippen LogP contribution in [-0.2, 0) is 9.59 Å². The molecule has 1 N–H and O–H groups in total. The molecule has 22 heavy (non-hydrogen) atoms. The van der Waals surface area contributed by atoms with E-state index in [0.717, 1.165) is 16.6 Å². The van der Waals surface area contributed by atoms with Crippen LogP contribution in [0.2, 0.25) is 0 Å². The Balaban J connectivity index is 1.70. The van der Waals surface area contributed by atoms with Crippen molar-refractivity contribution >= 4 is 39.6 Å². The molecule has 0 spiro atoms. The van der Waals surface area contributed by atoms with Crippen LogP contribution in [0.5, 0.6) is 0 Å². The minimum absolute atomic E-state index is 0.0707. The van der Waals surface area contributed by atoms with Gasteiger partial charge in [-0.15, -0.1) is 11.8 Å². The third-order valence-electron chi connectivity index (χ3n) is 3.96. The van der Waals surface area contributed by atoms with Crippen LogP contribution < -0.4 is 0 Å². The lowest BCUT2D eigenvalue weighted by Crippen LogP contribution is -2.34. The minimum Gasteiger partial charge on any atom is -0.481 e. The first kappa shape index (κ1) is 17.3. The molecule has 1 unspecified atom stereocenters. The normalized spacial score (nSPS) is 21.1. The summed E-state index contributed by atoms with van der Waals surface area (Å²) < 4.78 is 1.06. The Bertz CT molecular complexity index is 549. The van der Waals surface area contributed by atoms with Crippen LogP contribution in [0.4, 0.5) is 0 Å². The SMILES string of the molecule is CC1(C(=O)O)CCN(C(=O)CCCSc2ccc(Br)cc2)C1. The highest BCUT2D eigenvalue weighted by Gasteiger charge is 2.41. The Hall–Kier alpha value is -1.01. The molecule has 0 saturated carbocycles. The number of benzene rings is 1. The standard InChI is InChI=1S/C16H20BrNO3S/c1-16(15(20)21)8-9-18(11-16)14(19)3-2-10-22-13-6-4-12(17)5-7-13/h4-7H,2-3,8-11H2,1H3,(H,20,21). The summed E-state index contributed by atoms with van der Waals surface area (Å²) in [5.74, 6) is 0.146. The van der Waals surface area contributed by atoms with E-state index in [1.165, 1.54) is 4.90 Å².